The van der Waals surface area contributed by atoms with E-state index < -0.39 is 0 Å². The molecule has 17 heavy (non-hydrogen) atoms. The minimum absolute atomic E-state index is 0.00458. The third-order valence-electron chi connectivity index (χ3n) is 3.32. The molecule has 0 fully saturated rings. The Hall–Kier alpha value is -1.57. The molecule has 0 N–H and O–H groups in total. The van der Waals surface area contributed by atoms with Crippen LogP contribution in [0, 0.1) is 6.92 Å². The fourth-order valence-electron chi connectivity index (χ4n) is 2.19. The molecule has 2 nitrogen and oxygen atoms in total. The Morgan fingerprint density at radius 3 is 2.41 bits per heavy atom. The van der Waals surface area contributed by atoms with Crippen LogP contribution in [0.2, 0.25) is 0 Å². The monoisotopic (exact) mass is 229 g/mol. The zero-order valence-corrected chi connectivity index (χ0v) is 10.7. The number of hydrogen-bond donors (Lipinski definition) is 0. The lowest BCUT2D eigenvalue weighted by Gasteiger charge is -2.30. The largest absolute Gasteiger partial charge is 0.335 e. The Morgan fingerprint density at radius 2 is 1.88 bits per heavy atom. The molecule has 1 heterocycles. The summed E-state index contributed by atoms with van der Waals surface area (Å²) in [5, 5.41) is 0. The van der Waals surface area contributed by atoms with Crippen LogP contribution in [-0.4, -0.2) is 23.9 Å². The van der Waals surface area contributed by atoms with Crippen molar-refractivity contribution < 1.29 is 4.79 Å². The molecular formula is C15H19NO. The number of rotatable bonds is 3. The van der Waals surface area contributed by atoms with Crippen LogP contribution in [0.4, 0.5) is 0 Å². The molecule has 1 aliphatic heterocycles. The highest BCUT2D eigenvalue weighted by molar-refractivity contribution is 5.90. The topological polar surface area (TPSA) is 20.3 Å². The smallest absolute Gasteiger partial charge is 0.246 e. The number of nitrogens with zero attached hydrogens (tertiary/aromatic N) is 1. The average molecular weight is 229 g/mol. The summed E-state index contributed by atoms with van der Waals surface area (Å²) >= 11 is 0. The lowest BCUT2D eigenvalue weighted by atomic mass is 9.84. The summed E-state index contributed by atoms with van der Waals surface area (Å²) in [6.07, 6.45) is 3.58. The molecule has 1 aromatic rings. The van der Waals surface area contributed by atoms with E-state index in [0.29, 0.717) is 0 Å². The Bertz CT molecular complexity index is 442. The van der Waals surface area contributed by atoms with Gasteiger partial charge in [0.15, 0.2) is 0 Å². The molecule has 1 amide bonds. The van der Waals surface area contributed by atoms with Crippen molar-refractivity contribution in [3.05, 3.63) is 47.5 Å². The van der Waals surface area contributed by atoms with Gasteiger partial charge >= 0.3 is 0 Å². The second-order valence-electron chi connectivity index (χ2n) is 5.37. The second kappa shape index (κ2) is 4.36. The first-order chi connectivity index (χ1) is 7.99. The summed E-state index contributed by atoms with van der Waals surface area (Å²) in [6.45, 7) is 7.97. The van der Waals surface area contributed by atoms with Gasteiger partial charge in [-0.15, -0.1) is 0 Å². The molecule has 0 bridgehead atoms. The van der Waals surface area contributed by atoms with Gasteiger partial charge in [-0.05, 0) is 12.5 Å². The van der Waals surface area contributed by atoms with Gasteiger partial charge in [-0.25, -0.2) is 0 Å². The first-order valence-electron chi connectivity index (χ1n) is 6.02. The van der Waals surface area contributed by atoms with Crippen molar-refractivity contribution in [2.75, 3.05) is 13.1 Å². The van der Waals surface area contributed by atoms with Gasteiger partial charge in [0.2, 0.25) is 5.91 Å². The Labute approximate surface area is 103 Å². The first-order valence-corrected chi connectivity index (χ1v) is 6.02. The second-order valence-corrected chi connectivity index (χ2v) is 5.37. The summed E-state index contributed by atoms with van der Waals surface area (Å²) in [7, 11) is 0. The van der Waals surface area contributed by atoms with Crippen LogP contribution in [0.15, 0.2) is 36.4 Å². The standard InChI is InChI=1S/C15H19NO/c1-12-6-8-13(9-7-12)15(2,3)11-16-10-4-5-14(16)17/h4-9H,10-11H2,1-3H3. The van der Waals surface area contributed by atoms with Crippen LogP contribution in [0.25, 0.3) is 0 Å². The van der Waals surface area contributed by atoms with Crippen molar-refractivity contribution in [3.8, 4) is 0 Å². The van der Waals surface area contributed by atoms with Crippen molar-refractivity contribution in [1.29, 1.82) is 0 Å². The molecule has 2 heteroatoms. The molecule has 1 aliphatic rings. The van der Waals surface area contributed by atoms with E-state index in [1.165, 1.54) is 11.1 Å². The van der Waals surface area contributed by atoms with Crippen molar-refractivity contribution >= 4 is 5.91 Å². The van der Waals surface area contributed by atoms with E-state index in [0.717, 1.165) is 13.1 Å². The van der Waals surface area contributed by atoms with Gasteiger partial charge in [0.25, 0.3) is 0 Å². The molecule has 0 aromatic heterocycles. The number of benzene rings is 1. The third-order valence-corrected chi connectivity index (χ3v) is 3.32. The number of carbonyl (C=O) groups is 1. The normalized spacial score (nSPS) is 15.7. The van der Waals surface area contributed by atoms with Crippen molar-refractivity contribution in [3.63, 3.8) is 0 Å². The van der Waals surface area contributed by atoms with E-state index in [9.17, 15) is 4.79 Å². The zero-order valence-electron chi connectivity index (χ0n) is 10.7. The Morgan fingerprint density at radius 1 is 1.24 bits per heavy atom. The number of amides is 1. The van der Waals surface area contributed by atoms with Gasteiger partial charge in [0, 0.05) is 24.6 Å². The molecular weight excluding hydrogens is 210 g/mol. The van der Waals surface area contributed by atoms with Crippen LogP contribution >= 0.6 is 0 Å². The van der Waals surface area contributed by atoms with Gasteiger partial charge in [0.05, 0.1) is 0 Å². The maximum absolute atomic E-state index is 11.6. The summed E-state index contributed by atoms with van der Waals surface area (Å²) < 4.78 is 0. The van der Waals surface area contributed by atoms with Gasteiger partial charge < -0.3 is 4.90 Å². The van der Waals surface area contributed by atoms with Crippen molar-refractivity contribution in [1.82, 2.24) is 4.90 Å². The fourth-order valence-corrected chi connectivity index (χ4v) is 2.19. The lowest BCUT2D eigenvalue weighted by molar-refractivity contribution is -0.125. The van der Waals surface area contributed by atoms with E-state index >= 15 is 0 Å². The predicted molar refractivity (Wildman–Crippen MR) is 69.9 cm³/mol. The summed E-state index contributed by atoms with van der Waals surface area (Å²) in [6, 6.07) is 8.56. The van der Waals surface area contributed by atoms with E-state index in [1.54, 1.807) is 6.08 Å². The molecule has 0 aliphatic carbocycles. The van der Waals surface area contributed by atoms with Crippen LogP contribution in [0.3, 0.4) is 0 Å². The molecule has 0 spiro atoms. The highest BCUT2D eigenvalue weighted by Gasteiger charge is 2.26. The lowest BCUT2D eigenvalue weighted by Crippen LogP contribution is -2.38. The first kappa shape index (κ1) is 11.9. The van der Waals surface area contributed by atoms with E-state index in [-0.39, 0.29) is 11.3 Å². The summed E-state index contributed by atoms with van der Waals surface area (Å²) in [4.78, 5) is 13.5. The summed E-state index contributed by atoms with van der Waals surface area (Å²) in [5.74, 6) is 0.130. The quantitative estimate of drug-likeness (QED) is 0.780. The number of carbonyl (C=O) groups excluding carboxylic acids is 1. The average Bonchev–Trinajstić information content (AvgIpc) is 2.64. The highest BCUT2D eigenvalue weighted by Crippen LogP contribution is 2.25. The maximum Gasteiger partial charge on any atom is 0.246 e. The molecule has 1 aromatic carbocycles. The number of aryl methyl sites for hydroxylation is 1. The molecule has 0 radical (unpaired) electrons. The van der Waals surface area contributed by atoms with Crippen LogP contribution in [-0.2, 0) is 10.2 Å². The molecule has 90 valence electrons. The van der Waals surface area contributed by atoms with Gasteiger partial charge in [0.1, 0.15) is 0 Å². The van der Waals surface area contributed by atoms with Crippen molar-refractivity contribution in [2.45, 2.75) is 26.2 Å². The third kappa shape index (κ3) is 2.57. The number of hydrogen-bond acceptors (Lipinski definition) is 1. The minimum Gasteiger partial charge on any atom is -0.335 e. The van der Waals surface area contributed by atoms with Gasteiger partial charge in [-0.2, -0.15) is 0 Å². The van der Waals surface area contributed by atoms with E-state index in [4.69, 9.17) is 0 Å². The zero-order chi connectivity index (χ0) is 12.5. The van der Waals surface area contributed by atoms with Gasteiger partial charge in [-0.1, -0.05) is 49.8 Å². The predicted octanol–water partition coefficient (Wildman–Crippen LogP) is 2.67. The van der Waals surface area contributed by atoms with E-state index in [2.05, 4.69) is 45.0 Å². The molecule has 0 atom stereocenters. The van der Waals surface area contributed by atoms with Crippen LogP contribution in [0.5, 0.6) is 0 Å². The van der Waals surface area contributed by atoms with Crippen LogP contribution < -0.4 is 0 Å². The minimum atomic E-state index is -0.00458. The molecule has 0 unspecified atom stereocenters. The molecule has 2 rings (SSSR count). The van der Waals surface area contributed by atoms with Gasteiger partial charge in [-0.3, -0.25) is 4.79 Å². The molecule has 0 saturated heterocycles. The fraction of sp³-hybridized carbons (Fsp3) is 0.400. The van der Waals surface area contributed by atoms with Crippen LogP contribution in [0.1, 0.15) is 25.0 Å². The Kier molecular flexibility index (Phi) is 3.05. The summed E-state index contributed by atoms with van der Waals surface area (Å²) in [5.41, 5.74) is 2.54. The van der Waals surface area contributed by atoms with E-state index in [1.807, 2.05) is 11.0 Å². The molecule has 0 saturated carbocycles. The van der Waals surface area contributed by atoms with Crippen molar-refractivity contribution in [2.24, 2.45) is 0 Å². The highest BCUT2D eigenvalue weighted by atomic mass is 16.2. The Balaban J connectivity index is 2.13. The maximum atomic E-state index is 11.6. The SMILES string of the molecule is Cc1ccc(C(C)(C)CN2CC=CC2=O)cc1.